The first-order valence-electron chi connectivity index (χ1n) is 5.58. The molecule has 0 bridgehead atoms. The number of hydroxylamine groups is 1. The zero-order chi connectivity index (χ0) is 12.0. The lowest BCUT2D eigenvalue weighted by Gasteiger charge is -2.18. The number of rotatable bonds is 6. The monoisotopic (exact) mass is 224 g/mol. The average Bonchev–Trinajstić information content (AvgIpc) is 2.69. The molecule has 4 nitrogen and oxygen atoms in total. The summed E-state index contributed by atoms with van der Waals surface area (Å²) in [5, 5.41) is 0. The van der Waals surface area contributed by atoms with Crippen LogP contribution in [0.4, 0.5) is 0 Å². The van der Waals surface area contributed by atoms with Gasteiger partial charge in [0.05, 0.1) is 7.11 Å². The van der Waals surface area contributed by atoms with E-state index in [0.717, 1.165) is 6.42 Å². The Labute approximate surface area is 96.5 Å². The molecule has 1 atom stereocenters. The molecule has 0 fully saturated rings. The van der Waals surface area contributed by atoms with Gasteiger partial charge in [-0.1, -0.05) is 13.8 Å². The summed E-state index contributed by atoms with van der Waals surface area (Å²) < 4.78 is 1.60. The van der Waals surface area contributed by atoms with E-state index in [9.17, 15) is 4.79 Å². The number of carbonyl (C=O) groups excluding carboxylic acids is 1. The summed E-state index contributed by atoms with van der Waals surface area (Å²) >= 11 is 0. The molecule has 0 aliphatic rings. The molecule has 1 aromatic heterocycles. The fourth-order valence-electron chi connectivity index (χ4n) is 1.73. The Kier molecular flexibility index (Phi) is 5.22. The van der Waals surface area contributed by atoms with Crippen LogP contribution in [0.5, 0.6) is 0 Å². The Bertz CT molecular complexity index is 307. The molecule has 0 amide bonds. The van der Waals surface area contributed by atoms with Crippen molar-refractivity contribution in [2.75, 3.05) is 7.11 Å². The van der Waals surface area contributed by atoms with E-state index >= 15 is 0 Å². The van der Waals surface area contributed by atoms with Crippen LogP contribution in [0.1, 0.15) is 31.5 Å². The van der Waals surface area contributed by atoms with Crippen LogP contribution in [-0.2, 0) is 4.84 Å². The molecule has 0 unspecified atom stereocenters. The smallest absolute Gasteiger partial charge is 0.232 e. The normalized spacial score (nSPS) is 13.0. The minimum absolute atomic E-state index is 0.0694. The minimum atomic E-state index is 0.0694. The molecule has 0 saturated heterocycles. The number of hydrogen-bond acceptors (Lipinski definition) is 3. The highest BCUT2D eigenvalue weighted by molar-refractivity contribution is 5.79. The second-order valence-corrected chi connectivity index (χ2v) is 4.34. The van der Waals surface area contributed by atoms with Gasteiger partial charge in [-0.2, -0.15) is 5.48 Å². The second kappa shape index (κ2) is 6.45. The molecule has 0 aliphatic carbocycles. The van der Waals surface area contributed by atoms with Gasteiger partial charge in [-0.25, -0.2) is 0 Å². The van der Waals surface area contributed by atoms with E-state index < -0.39 is 0 Å². The number of hydrogen-bond donors (Lipinski definition) is 1. The van der Waals surface area contributed by atoms with Gasteiger partial charge >= 0.3 is 0 Å². The number of nitrogens with zero attached hydrogens (tertiary/aromatic N) is 1. The first-order valence-corrected chi connectivity index (χ1v) is 5.58. The lowest BCUT2D eigenvalue weighted by molar-refractivity contribution is 0.0469. The Morgan fingerprint density at radius 1 is 1.38 bits per heavy atom. The second-order valence-electron chi connectivity index (χ2n) is 4.34. The van der Waals surface area contributed by atoms with Gasteiger partial charge in [0, 0.05) is 24.9 Å². The Morgan fingerprint density at radius 2 is 2.00 bits per heavy atom. The van der Waals surface area contributed by atoms with Crippen LogP contribution in [0.2, 0.25) is 0 Å². The van der Waals surface area contributed by atoms with Gasteiger partial charge in [0.25, 0.3) is 0 Å². The first-order chi connectivity index (χ1) is 7.63. The quantitative estimate of drug-likeness (QED) is 0.752. The van der Waals surface area contributed by atoms with E-state index in [4.69, 9.17) is 4.84 Å². The van der Waals surface area contributed by atoms with Gasteiger partial charge in [0.1, 0.15) is 0 Å². The highest BCUT2D eigenvalue weighted by atomic mass is 16.6. The molecule has 0 saturated carbocycles. The van der Waals surface area contributed by atoms with E-state index in [1.54, 1.807) is 24.1 Å². The molecule has 4 heteroatoms. The first kappa shape index (κ1) is 12.9. The fraction of sp³-hybridized carbons (Fsp3) is 0.583. The van der Waals surface area contributed by atoms with Gasteiger partial charge in [0.2, 0.25) is 5.91 Å². The summed E-state index contributed by atoms with van der Waals surface area (Å²) in [4.78, 5) is 16.8. The van der Waals surface area contributed by atoms with Crippen molar-refractivity contribution in [1.29, 1.82) is 0 Å². The van der Waals surface area contributed by atoms with Gasteiger partial charge < -0.3 is 4.84 Å². The maximum absolute atomic E-state index is 11.8. The van der Waals surface area contributed by atoms with E-state index in [1.165, 1.54) is 0 Å². The van der Waals surface area contributed by atoms with Gasteiger partial charge in [0.15, 0.2) is 0 Å². The third-order valence-corrected chi connectivity index (χ3v) is 2.35. The average molecular weight is 224 g/mol. The summed E-state index contributed by atoms with van der Waals surface area (Å²) in [6, 6.07) is 3.76. The van der Waals surface area contributed by atoms with Crippen LogP contribution in [-0.4, -0.2) is 23.6 Å². The van der Waals surface area contributed by atoms with Crippen molar-refractivity contribution in [2.24, 2.45) is 5.92 Å². The molecule has 1 aromatic rings. The van der Waals surface area contributed by atoms with Crippen molar-refractivity contribution < 1.29 is 9.63 Å². The molecule has 0 spiro atoms. The van der Waals surface area contributed by atoms with Crippen molar-refractivity contribution in [3.63, 3.8) is 0 Å². The molecule has 1 rings (SSSR count). The maximum atomic E-state index is 11.8. The largest absolute Gasteiger partial charge is 0.305 e. The fourth-order valence-corrected chi connectivity index (χ4v) is 1.73. The summed E-state index contributed by atoms with van der Waals surface area (Å²) in [5.41, 5.74) is 2.87. The topological polar surface area (TPSA) is 43.3 Å². The van der Waals surface area contributed by atoms with Gasteiger partial charge in [-0.3, -0.25) is 9.36 Å². The van der Waals surface area contributed by atoms with Crippen molar-refractivity contribution in [3.8, 4) is 0 Å². The molecule has 1 heterocycles. The van der Waals surface area contributed by atoms with Crippen molar-refractivity contribution in [3.05, 3.63) is 24.5 Å². The Hall–Kier alpha value is -1.13. The standard InChI is InChI=1S/C12H20N2O2/c1-10(2)8-11(13-16-3)9-12(15)14-6-4-5-7-14/h4-7,10-11,13H,8-9H2,1-3H3/t11-/m1/s1. The van der Waals surface area contributed by atoms with E-state index in [1.807, 2.05) is 12.1 Å². The number of nitrogens with one attached hydrogen (secondary N) is 1. The van der Waals surface area contributed by atoms with E-state index in [0.29, 0.717) is 12.3 Å². The summed E-state index contributed by atoms with van der Waals surface area (Å²) in [6.07, 6.45) is 4.89. The lowest BCUT2D eigenvalue weighted by atomic mass is 10.0. The molecular formula is C12H20N2O2. The highest BCUT2D eigenvalue weighted by Gasteiger charge is 2.15. The molecule has 0 radical (unpaired) electrons. The van der Waals surface area contributed by atoms with Crippen LogP contribution >= 0.6 is 0 Å². The number of carbonyl (C=O) groups is 1. The zero-order valence-electron chi connectivity index (χ0n) is 10.1. The van der Waals surface area contributed by atoms with Crippen molar-refractivity contribution in [1.82, 2.24) is 10.0 Å². The predicted octanol–water partition coefficient (Wildman–Crippen LogP) is 2.08. The molecule has 0 aliphatic heterocycles. The molecule has 16 heavy (non-hydrogen) atoms. The summed E-state index contributed by atoms with van der Waals surface area (Å²) in [6.45, 7) is 4.26. The number of aromatic nitrogens is 1. The Balaban J connectivity index is 2.51. The van der Waals surface area contributed by atoms with Crippen LogP contribution in [0.25, 0.3) is 0 Å². The van der Waals surface area contributed by atoms with Crippen LogP contribution < -0.4 is 5.48 Å². The maximum Gasteiger partial charge on any atom is 0.232 e. The minimum Gasteiger partial charge on any atom is -0.305 e. The van der Waals surface area contributed by atoms with E-state index in [2.05, 4.69) is 19.3 Å². The third kappa shape index (κ3) is 4.16. The Morgan fingerprint density at radius 3 is 2.50 bits per heavy atom. The summed E-state index contributed by atoms with van der Waals surface area (Å²) in [7, 11) is 1.58. The molecule has 1 N–H and O–H groups in total. The van der Waals surface area contributed by atoms with Crippen LogP contribution in [0.15, 0.2) is 24.5 Å². The van der Waals surface area contributed by atoms with Crippen molar-refractivity contribution >= 4 is 5.91 Å². The zero-order valence-corrected chi connectivity index (χ0v) is 10.1. The molecule has 90 valence electrons. The third-order valence-electron chi connectivity index (χ3n) is 2.35. The van der Waals surface area contributed by atoms with Crippen LogP contribution in [0, 0.1) is 5.92 Å². The summed E-state index contributed by atoms with van der Waals surface area (Å²) in [5.74, 6) is 0.616. The SMILES string of the molecule is CON[C@@H](CC(=O)n1cccc1)CC(C)C. The highest BCUT2D eigenvalue weighted by Crippen LogP contribution is 2.09. The van der Waals surface area contributed by atoms with Crippen LogP contribution in [0.3, 0.4) is 0 Å². The predicted molar refractivity (Wildman–Crippen MR) is 63.1 cm³/mol. The molecule has 0 aromatic carbocycles. The van der Waals surface area contributed by atoms with Gasteiger partial charge in [-0.15, -0.1) is 0 Å². The van der Waals surface area contributed by atoms with Gasteiger partial charge in [-0.05, 0) is 24.5 Å². The van der Waals surface area contributed by atoms with Crippen molar-refractivity contribution in [2.45, 2.75) is 32.7 Å². The molecular weight excluding hydrogens is 204 g/mol. The van der Waals surface area contributed by atoms with E-state index in [-0.39, 0.29) is 11.9 Å². The lowest BCUT2D eigenvalue weighted by Crippen LogP contribution is -2.33.